The topological polar surface area (TPSA) is 112 Å². The van der Waals surface area contributed by atoms with Crippen molar-refractivity contribution >= 4 is 34.2 Å². The third kappa shape index (κ3) is 4.11. The number of fused-ring (bicyclic) bond motifs is 2. The number of rotatable bonds is 3. The molecule has 0 unspecified atom stereocenters. The molecule has 0 fully saturated rings. The number of ether oxygens (including phenoxy) is 2. The molecule has 0 atom stereocenters. The Bertz CT molecular complexity index is 1270. The number of hydrazine groups is 1. The predicted molar refractivity (Wildman–Crippen MR) is 118 cm³/mol. The van der Waals surface area contributed by atoms with Crippen molar-refractivity contribution in [2.24, 2.45) is 0 Å². The van der Waals surface area contributed by atoms with Crippen molar-refractivity contribution in [2.75, 3.05) is 13.2 Å². The van der Waals surface area contributed by atoms with Gasteiger partial charge in [0.05, 0.1) is 29.7 Å². The van der Waals surface area contributed by atoms with Gasteiger partial charge in [-0.3, -0.25) is 25.2 Å². The lowest BCUT2D eigenvalue weighted by atomic mass is 10.1. The maximum Gasteiger partial charge on any atom is 0.290 e. The van der Waals surface area contributed by atoms with Crippen LogP contribution in [0.4, 0.5) is 0 Å². The summed E-state index contributed by atoms with van der Waals surface area (Å²) in [4.78, 5) is 38.1. The zero-order chi connectivity index (χ0) is 22.8. The van der Waals surface area contributed by atoms with Gasteiger partial charge in [0.25, 0.3) is 17.4 Å². The van der Waals surface area contributed by atoms with E-state index in [1.807, 2.05) is 0 Å². The lowest BCUT2D eigenvalue weighted by molar-refractivity contribution is 0.0843. The SMILES string of the molecule is CC(C)n1nc(C(=O)NNC(=O)c2cc(Cl)c3c(c2)OCCCO3)c2ccccc2c1=O. The number of nitrogens with zero attached hydrogens (tertiary/aromatic N) is 2. The fourth-order valence-corrected chi connectivity index (χ4v) is 3.60. The van der Waals surface area contributed by atoms with Crippen LogP contribution in [0.2, 0.25) is 5.02 Å². The number of carbonyl (C=O) groups is 2. The molecule has 3 aromatic rings. The molecule has 2 N–H and O–H groups in total. The van der Waals surface area contributed by atoms with E-state index < -0.39 is 11.8 Å². The van der Waals surface area contributed by atoms with Crippen molar-refractivity contribution in [3.05, 3.63) is 63.0 Å². The molecule has 32 heavy (non-hydrogen) atoms. The lowest BCUT2D eigenvalue weighted by Gasteiger charge is -2.14. The predicted octanol–water partition coefficient (Wildman–Crippen LogP) is 2.87. The zero-order valence-electron chi connectivity index (χ0n) is 17.5. The van der Waals surface area contributed by atoms with Crippen molar-refractivity contribution in [1.29, 1.82) is 0 Å². The molecule has 10 heteroatoms. The van der Waals surface area contributed by atoms with Gasteiger partial charge in [0.1, 0.15) is 0 Å². The Balaban J connectivity index is 1.58. The second-order valence-corrected chi connectivity index (χ2v) is 7.89. The van der Waals surface area contributed by atoms with Crippen LogP contribution in [0.15, 0.2) is 41.2 Å². The summed E-state index contributed by atoms with van der Waals surface area (Å²) >= 11 is 6.24. The second kappa shape index (κ2) is 8.88. The second-order valence-electron chi connectivity index (χ2n) is 7.48. The minimum Gasteiger partial charge on any atom is -0.489 e. The maximum atomic E-state index is 12.9. The van der Waals surface area contributed by atoms with Crippen molar-refractivity contribution < 1.29 is 19.1 Å². The van der Waals surface area contributed by atoms with E-state index in [4.69, 9.17) is 21.1 Å². The minimum atomic E-state index is -0.663. The number of aromatic nitrogens is 2. The Morgan fingerprint density at radius 1 is 1.06 bits per heavy atom. The normalized spacial score (nSPS) is 13.0. The van der Waals surface area contributed by atoms with Crippen molar-refractivity contribution in [3.8, 4) is 11.5 Å². The first-order chi connectivity index (χ1) is 15.4. The molecule has 1 aliphatic heterocycles. The summed E-state index contributed by atoms with van der Waals surface area (Å²) in [7, 11) is 0. The highest BCUT2D eigenvalue weighted by molar-refractivity contribution is 6.32. The summed E-state index contributed by atoms with van der Waals surface area (Å²) < 4.78 is 12.4. The Morgan fingerprint density at radius 3 is 2.50 bits per heavy atom. The van der Waals surface area contributed by atoms with Gasteiger partial charge in [-0.2, -0.15) is 5.10 Å². The molecule has 2 heterocycles. The molecule has 166 valence electrons. The van der Waals surface area contributed by atoms with Crippen LogP contribution < -0.4 is 25.9 Å². The molecule has 9 nitrogen and oxygen atoms in total. The van der Waals surface area contributed by atoms with E-state index in [9.17, 15) is 14.4 Å². The number of amides is 2. The van der Waals surface area contributed by atoms with Gasteiger partial charge in [-0.1, -0.05) is 29.8 Å². The van der Waals surface area contributed by atoms with Gasteiger partial charge in [-0.25, -0.2) is 4.68 Å². The average Bonchev–Trinajstić information content (AvgIpc) is 3.03. The minimum absolute atomic E-state index is 0.0193. The standard InChI is InChI=1S/C22H21ClN4O5/c1-12(2)27-22(30)15-7-4-3-6-14(15)18(26-27)21(29)25-24-20(28)13-10-16(23)19-17(11-13)31-8-5-9-32-19/h3-4,6-7,10-12H,5,8-9H2,1-2H3,(H,24,28)(H,25,29). The van der Waals surface area contributed by atoms with Crippen LogP contribution in [-0.2, 0) is 0 Å². The van der Waals surface area contributed by atoms with Gasteiger partial charge in [0, 0.05) is 17.4 Å². The maximum absolute atomic E-state index is 12.9. The first-order valence-corrected chi connectivity index (χ1v) is 10.5. The summed E-state index contributed by atoms with van der Waals surface area (Å²) in [5, 5.41) is 5.20. The fraction of sp³-hybridized carbons (Fsp3) is 0.273. The Hall–Kier alpha value is -3.59. The third-order valence-corrected chi connectivity index (χ3v) is 5.17. The molecule has 1 aliphatic rings. The van der Waals surface area contributed by atoms with Crippen LogP contribution in [0.3, 0.4) is 0 Å². The largest absolute Gasteiger partial charge is 0.489 e. The van der Waals surface area contributed by atoms with Crippen LogP contribution in [0, 0.1) is 0 Å². The van der Waals surface area contributed by atoms with E-state index in [0.717, 1.165) is 0 Å². The summed E-state index contributed by atoms with van der Waals surface area (Å²) in [6.07, 6.45) is 0.697. The summed E-state index contributed by atoms with van der Waals surface area (Å²) in [6, 6.07) is 9.37. The molecule has 0 saturated heterocycles. The van der Waals surface area contributed by atoms with E-state index in [0.29, 0.717) is 41.9 Å². The fourth-order valence-electron chi connectivity index (χ4n) is 3.33. The van der Waals surface area contributed by atoms with Gasteiger partial charge in [-0.15, -0.1) is 0 Å². The lowest BCUT2D eigenvalue weighted by Crippen LogP contribution is -2.43. The summed E-state index contributed by atoms with van der Waals surface area (Å²) in [5.41, 5.74) is 4.62. The van der Waals surface area contributed by atoms with Gasteiger partial charge < -0.3 is 9.47 Å². The van der Waals surface area contributed by atoms with Crippen molar-refractivity contribution in [2.45, 2.75) is 26.3 Å². The Morgan fingerprint density at radius 2 is 1.75 bits per heavy atom. The highest BCUT2D eigenvalue weighted by Gasteiger charge is 2.21. The average molecular weight is 457 g/mol. The molecule has 0 spiro atoms. The van der Waals surface area contributed by atoms with E-state index in [1.54, 1.807) is 38.1 Å². The zero-order valence-corrected chi connectivity index (χ0v) is 18.2. The van der Waals surface area contributed by atoms with E-state index in [1.165, 1.54) is 16.8 Å². The van der Waals surface area contributed by atoms with Crippen LogP contribution in [-0.4, -0.2) is 34.8 Å². The van der Waals surface area contributed by atoms with Crippen LogP contribution in [0.1, 0.15) is 47.2 Å². The first kappa shape index (κ1) is 21.6. The third-order valence-electron chi connectivity index (χ3n) is 4.89. The number of halogens is 1. The summed E-state index contributed by atoms with van der Waals surface area (Å²) in [5.74, 6) is -0.513. The molecular weight excluding hydrogens is 436 g/mol. The molecule has 0 radical (unpaired) electrons. The van der Waals surface area contributed by atoms with Crippen molar-refractivity contribution in [1.82, 2.24) is 20.6 Å². The molecule has 2 aromatic carbocycles. The molecule has 1 aromatic heterocycles. The molecule has 4 rings (SSSR count). The van der Waals surface area contributed by atoms with Gasteiger partial charge in [0.15, 0.2) is 17.2 Å². The Labute approximate surface area is 188 Å². The van der Waals surface area contributed by atoms with E-state index in [-0.39, 0.29) is 27.9 Å². The number of nitrogens with one attached hydrogen (secondary N) is 2. The molecule has 0 saturated carbocycles. The molecule has 0 bridgehead atoms. The van der Waals surface area contributed by atoms with Crippen LogP contribution in [0.25, 0.3) is 10.8 Å². The van der Waals surface area contributed by atoms with Crippen LogP contribution in [0.5, 0.6) is 11.5 Å². The Kier molecular flexibility index (Phi) is 6.00. The van der Waals surface area contributed by atoms with E-state index >= 15 is 0 Å². The van der Waals surface area contributed by atoms with E-state index in [2.05, 4.69) is 16.0 Å². The molecular formula is C22H21ClN4O5. The molecule has 0 aliphatic carbocycles. The van der Waals surface area contributed by atoms with Gasteiger partial charge >= 0.3 is 0 Å². The van der Waals surface area contributed by atoms with Crippen LogP contribution >= 0.6 is 11.6 Å². The number of carbonyl (C=O) groups excluding carboxylic acids is 2. The number of hydrogen-bond donors (Lipinski definition) is 2. The van der Waals surface area contributed by atoms with Gasteiger partial charge in [-0.05, 0) is 32.0 Å². The highest BCUT2D eigenvalue weighted by Crippen LogP contribution is 2.37. The summed E-state index contributed by atoms with van der Waals surface area (Å²) in [6.45, 7) is 4.49. The first-order valence-electron chi connectivity index (χ1n) is 10.1. The number of benzene rings is 2. The monoisotopic (exact) mass is 456 g/mol. The molecule has 2 amide bonds. The highest BCUT2D eigenvalue weighted by atomic mass is 35.5. The quantitative estimate of drug-likeness (QED) is 0.586. The van der Waals surface area contributed by atoms with Crippen molar-refractivity contribution in [3.63, 3.8) is 0 Å². The smallest absolute Gasteiger partial charge is 0.290 e. The van der Waals surface area contributed by atoms with Gasteiger partial charge in [0.2, 0.25) is 0 Å². The number of hydrogen-bond acceptors (Lipinski definition) is 6.